The van der Waals surface area contributed by atoms with Crippen LogP contribution in [0.15, 0.2) is 54.7 Å². The van der Waals surface area contributed by atoms with Crippen molar-refractivity contribution in [1.29, 1.82) is 0 Å². The van der Waals surface area contributed by atoms with Gasteiger partial charge in [0.25, 0.3) is 5.91 Å². The van der Waals surface area contributed by atoms with Crippen molar-refractivity contribution < 1.29 is 9.53 Å². The summed E-state index contributed by atoms with van der Waals surface area (Å²) in [5.74, 6) is 0.830. The normalized spacial score (nSPS) is 15.8. The first-order valence-electron chi connectivity index (χ1n) is 8.43. The first-order chi connectivity index (χ1) is 11.8. The van der Waals surface area contributed by atoms with Gasteiger partial charge in [0.15, 0.2) is 0 Å². The summed E-state index contributed by atoms with van der Waals surface area (Å²) in [6.07, 6.45) is 3.57. The third kappa shape index (κ3) is 4.80. The molecule has 1 aromatic carbocycles. The Morgan fingerprint density at radius 2 is 1.88 bits per heavy atom. The van der Waals surface area contributed by atoms with E-state index in [1.807, 2.05) is 42.5 Å². The van der Waals surface area contributed by atoms with Crippen LogP contribution in [0.25, 0.3) is 0 Å². The third-order valence-corrected chi connectivity index (χ3v) is 4.24. The molecule has 5 nitrogen and oxygen atoms in total. The molecule has 0 saturated carbocycles. The monoisotopic (exact) mass is 325 g/mol. The van der Waals surface area contributed by atoms with Crippen molar-refractivity contribution in [3.8, 4) is 5.75 Å². The standard InChI is InChI=1S/C19H23N3O2/c23-19(18-8-4-5-11-20-18)21-16-9-12-22(13-10-16)14-15-24-17-6-2-1-3-7-17/h1-8,11,16H,9-10,12-15H2,(H,21,23). The van der Waals surface area contributed by atoms with Crippen LogP contribution in [0.3, 0.4) is 0 Å². The van der Waals surface area contributed by atoms with Crippen LogP contribution in [-0.2, 0) is 0 Å². The molecule has 0 aliphatic carbocycles. The molecule has 24 heavy (non-hydrogen) atoms. The van der Waals surface area contributed by atoms with Crippen molar-refractivity contribution >= 4 is 5.91 Å². The minimum absolute atomic E-state index is 0.0820. The smallest absolute Gasteiger partial charge is 0.270 e. The highest BCUT2D eigenvalue weighted by atomic mass is 16.5. The summed E-state index contributed by atoms with van der Waals surface area (Å²) in [7, 11) is 0. The predicted molar refractivity (Wildman–Crippen MR) is 93.1 cm³/mol. The summed E-state index contributed by atoms with van der Waals surface area (Å²) in [6, 6.07) is 15.5. The second-order valence-electron chi connectivity index (χ2n) is 5.97. The molecule has 1 N–H and O–H groups in total. The molecular formula is C19H23N3O2. The average Bonchev–Trinajstić information content (AvgIpc) is 2.65. The molecule has 2 heterocycles. The minimum atomic E-state index is -0.0820. The zero-order chi connectivity index (χ0) is 16.6. The molecule has 1 fully saturated rings. The zero-order valence-corrected chi connectivity index (χ0v) is 13.7. The van der Waals surface area contributed by atoms with Gasteiger partial charge in [-0.2, -0.15) is 0 Å². The van der Waals surface area contributed by atoms with E-state index in [9.17, 15) is 4.79 Å². The van der Waals surface area contributed by atoms with Crippen LogP contribution in [-0.4, -0.2) is 48.1 Å². The molecule has 0 atom stereocenters. The number of hydrogen-bond acceptors (Lipinski definition) is 4. The van der Waals surface area contributed by atoms with Gasteiger partial charge in [0.1, 0.15) is 18.1 Å². The fourth-order valence-electron chi connectivity index (χ4n) is 2.87. The molecule has 0 unspecified atom stereocenters. The first-order valence-corrected chi connectivity index (χ1v) is 8.43. The number of hydrogen-bond donors (Lipinski definition) is 1. The number of carbonyl (C=O) groups is 1. The van der Waals surface area contributed by atoms with Crippen molar-refractivity contribution in [3.05, 3.63) is 60.4 Å². The van der Waals surface area contributed by atoms with Crippen molar-refractivity contribution in [1.82, 2.24) is 15.2 Å². The fourth-order valence-corrected chi connectivity index (χ4v) is 2.87. The predicted octanol–water partition coefficient (Wildman–Crippen LogP) is 2.35. The van der Waals surface area contributed by atoms with Crippen LogP contribution in [0.2, 0.25) is 0 Å². The highest BCUT2D eigenvalue weighted by Gasteiger charge is 2.21. The topological polar surface area (TPSA) is 54.5 Å². The van der Waals surface area contributed by atoms with Crippen molar-refractivity contribution in [3.63, 3.8) is 0 Å². The van der Waals surface area contributed by atoms with Crippen LogP contribution in [0.5, 0.6) is 5.75 Å². The first kappa shape index (κ1) is 16.5. The van der Waals surface area contributed by atoms with E-state index in [1.54, 1.807) is 12.3 Å². The Kier molecular flexibility index (Phi) is 5.80. The maximum absolute atomic E-state index is 12.1. The Bertz CT molecular complexity index is 626. The van der Waals surface area contributed by atoms with E-state index in [0.717, 1.165) is 38.2 Å². The van der Waals surface area contributed by atoms with E-state index in [4.69, 9.17) is 4.74 Å². The molecule has 1 amide bonds. The molecule has 0 bridgehead atoms. The van der Waals surface area contributed by atoms with E-state index < -0.39 is 0 Å². The van der Waals surface area contributed by atoms with E-state index in [2.05, 4.69) is 15.2 Å². The fraction of sp³-hybridized carbons (Fsp3) is 0.368. The Morgan fingerprint density at radius 1 is 1.12 bits per heavy atom. The van der Waals surface area contributed by atoms with Gasteiger partial charge in [0.05, 0.1) is 0 Å². The zero-order valence-electron chi connectivity index (χ0n) is 13.7. The lowest BCUT2D eigenvalue weighted by Crippen LogP contribution is -2.45. The molecule has 3 rings (SSSR count). The van der Waals surface area contributed by atoms with Crippen molar-refractivity contribution in [2.75, 3.05) is 26.2 Å². The van der Waals surface area contributed by atoms with Gasteiger partial charge >= 0.3 is 0 Å². The minimum Gasteiger partial charge on any atom is -0.492 e. The van der Waals surface area contributed by atoms with Gasteiger partial charge < -0.3 is 10.1 Å². The van der Waals surface area contributed by atoms with Gasteiger partial charge in [-0.15, -0.1) is 0 Å². The number of ether oxygens (including phenoxy) is 1. The third-order valence-electron chi connectivity index (χ3n) is 4.24. The van der Waals surface area contributed by atoms with Gasteiger partial charge in [-0.05, 0) is 37.1 Å². The maximum Gasteiger partial charge on any atom is 0.270 e. The van der Waals surface area contributed by atoms with Gasteiger partial charge in [-0.25, -0.2) is 0 Å². The van der Waals surface area contributed by atoms with Crippen molar-refractivity contribution in [2.45, 2.75) is 18.9 Å². The number of likely N-dealkylation sites (tertiary alicyclic amines) is 1. The Labute approximate surface area is 142 Å². The number of pyridine rings is 1. The number of piperidine rings is 1. The SMILES string of the molecule is O=C(NC1CCN(CCOc2ccccc2)CC1)c1ccccn1. The molecule has 2 aromatic rings. The highest BCUT2D eigenvalue weighted by Crippen LogP contribution is 2.12. The van der Waals surface area contributed by atoms with Crippen molar-refractivity contribution in [2.24, 2.45) is 0 Å². The number of rotatable bonds is 6. The van der Waals surface area contributed by atoms with E-state index >= 15 is 0 Å². The second-order valence-corrected chi connectivity index (χ2v) is 5.97. The molecule has 1 aliphatic rings. The molecular weight excluding hydrogens is 302 g/mol. The Morgan fingerprint density at radius 3 is 2.58 bits per heavy atom. The molecule has 1 aromatic heterocycles. The molecule has 5 heteroatoms. The molecule has 0 spiro atoms. The molecule has 1 saturated heterocycles. The number of amides is 1. The summed E-state index contributed by atoms with van der Waals surface area (Å²) in [6.45, 7) is 3.56. The molecule has 0 radical (unpaired) electrons. The number of benzene rings is 1. The lowest BCUT2D eigenvalue weighted by atomic mass is 10.0. The molecule has 126 valence electrons. The Hall–Kier alpha value is -2.40. The van der Waals surface area contributed by atoms with Crippen LogP contribution < -0.4 is 10.1 Å². The number of nitrogens with one attached hydrogen (secondary N) is 1. The van der Waals surface area contributed by atoms with Gasteiger partial charge in [0, 0.05) is 31.9 Å². The van der Waals surface area contributed by atoms with Gasteiger partial charge in [-0.1, -0.05) is 24.3 Å². The summed E-state index contributed by atoms with van der Waals surface area (Å²) in [4.78, 5) is 18.6. The van der Waals surface area contributed by atoms with Gasteiger partial charge in [-0.3, -0.25) is 14.7 Å². The summed E-state index contributed by atoms with van der Waals surface area (Å²) >= 11 is 0. The summed E-state index contributed by atoms with van der Waals surface area (Å²) in [5.41, 5.74) is 0.483. The number of carbonyl (C=O) groups excluding carboxylic acids is 1. The van der Waals surface area contributed by atoms with Gasteiger partial charge in [0.2, 0.25) is 0 Å². The maximum atomic E-state index is 12.1. The van der Waals surface area contributed by atoms with E-state index in [1.165, 1.54) is 0 Å². The number of aromatic nitrogens is 1. The summed E-state index contributed by atoms with van der Waals surface area (Å²) < 4.78 is 5.74. The number of para-hydroxylation sites is 1. The number of nitrogens with zero attached hydrogens (tertiary/aromatic N) is 2. The van der Waals surface area contributed by atoms with E-state index in [0.29, 0.717) is 12.3 Å². The second kappa shape index (κ2) is 8.45. The largest absolute Gasteiger partial charge is 0.492 e. The lowest BCUT2D eigenvalue weighted by Gasteiger charge is -2.32. The Balaban J connectivity index is 1.36. The summed E-state index contributed by atoms with van der Waals surface area (Å²) in [5, 5.41) is 3.08. The van der Waals surface area contributed by atoms with Crippen LogP contribution in [0.4, 0.5) is 0 Å². The van der Waals surface area contributed by atoms with Crippen LogP contribution >= 0.6 is 0 Å². The average molecular weight is 325 g/mol. The molecule has 1 aliphatic heterocycles. The quantitative estimate of drug-likeness (QED) is 0.886. The van der Waals surface area contributed by atoms with Crippen LogP contribution in [0.1, 0.15) is 23.3 Å². The lowest BCUT2D eigenvalue weighted by molar-refractivity contribution is 0.0900. The van der Waals surface area contributed by atoms with E-state index in [-0.39, 0.29) is 11.9 Å². The van der Waals surface area contributed by atoms with Crippen LogP contribution in [0, 0.1) is 0 Å². The highest BCUT2D eigenvalue weighted by molar-refractivity contribution is 5.92.